The van der Waals surface area contributed by atoms with Gasteiger partial charge in [0.15, 0.2) is 5.75 Å². The normalized spacial score (nSPS) is 10.8. The molecule has 0 saturated heterocycles. The molecule has 1 heterocycles. The fourth-order valence-corrected chi connectivity index (χ4v) is 1.85. The van der Waals surface area contributed by atoms with E-state index in [1.807, 2.05) is 31.2 Å². The highest BCUT2D eigenvalue weighted by molar-refractivity contribution is 5.97. The number of hydrogen-bond acceptors (Lipinski definition) is 3. The van der Waals surface area contributed by atoms with E-state index in [9.17, 15) is 14.7 Å². The van der Waals surface area contributed by atoms with Crippen LogP contribution >= 0.6 is 0 Å². The molecule has 2 rings (SSSR count). The summed E-state index contributed by atoms with van der Waals surface area (Å²) in [5.41, 5.74) is 4.39. The van der Waals surface area contributed by atoms with Gasteiger partial charge in [-0.25, -0.2) is 0 Å². The van der Waals surface area contributed by atoms with Crippen molar-refractivity contribution < 1.29 is 9.90 Å². The maximum absolute atomic E-state index is 11.8. The molecule has 1 aromatic carbocycles. The number of nitrogens with one attached hydrogen (secondary N) is 1. The van der Waals surface area contributed by atoms with Crippen LogP contribution in [0.3, 0.4) is 0 Å². The Morgan fingerprint density at radius 2 is 2.05 bits per heavy atom. The maximum atomic E-state index is 11.8. The summed E-state index contributed by atoms with van der Waals surface area (Å²) in [5, 5.41) is 9.54. The van der Waals surface area contributed by atoms with Crippen molar-refractivity contribution in [1.82, 2.24) is 4.68 Å². The van der Waals surface area contributed by atoms with Crippen LogP contribution in [0.2, 0.25) is 0 Å². The summed E-state index contributed by atoms with van der Waals surface area (Å²) in [5.74, 6) is -0.733. The molecule has 0 aliphatic carbocycles. The van der Waals surface area contributed by atoms with Gasteiger partial charge in [-0.3, -0.25) is 19.7 Å². The first kappa shape index (κ1) is 14.6. The summed E-state index contributed by atoms with van der Waals surface area (Å²) in [6.45, 7) is 3.52. The minimum atomic E-state index is -0.478. The number of amides is 1. The Labute approximate surface area is 122 Å². The lowest BCUT2D eigenvalue weighted by atomic mass is 10.1. The molecule has 5 heteroatoms. The van der Waals surface area contributed by atoms with Crippen molar-refractivity contribution in [2.24, 2.45) is 0 Å². The van der Waals surface area contributed by atoms with E-state index in [1.54, 1.807) is 13.0 Å². The minimum absolute atomic E-state index is 0.278. The number of nitrogens with zero attached hydrogens (tertiary/aromatic N) is 1. The smallest absolute Gasteiger partial charge is 0.262 e. The van der Waals surface area contributed by atoms with Crippen LogP contribution in [0.15, 0.2) is 47.4 Å². The van der Waals surface area contributed by atoms with E-state index in [1.165, 1.54) is 23.0 Å². The molecule has 0 unspecified atom stereocenters. The largest absolute Gasteiger partial charge is 0.503 e. The number of carbonyl (C=O) groups excluding carboxylic acids is 1. The summed E-state index contributed by atoms with van der Waals surface area (Å²) in [4.78, 5) is 23.1. The van der Waals surface area contributed by atoms with E-state index in [0.717, 1.165) is 11.1 Å². The number of carbonyl (C=O) groups is 1. The van der Waals surface area contributed by atoms with E-state index in [-0.39, 0.29) is 17.4 Å². The molecule has 2 aromatic rings. The third-order valence-electron chi connectivity index (χ3n) is 3.01. The summed E-state index contributed by atoms with van der Waals surface area (Å²) in [7, 11) is 0. The van der Waals surface area contributed by atoms with Crippen molar-refractivity contribution >= 4 is 12.0 Å². The Hall–Kier alpha value is -2.82. The third kappa shape index (κ3) is 3.60. The van der Waals surface area contributed by atoms with Crippen molar-refractivity contribution in [3.05, 3.63) is 69.6 Å². The number of aromatic nitrogens is 1. The second kappa shape index (κ2) is 6.09. The molecular weight excluding hydrogens is 268 g/mol. The van der Waals surface area contributed by atoms with Crippen LogP contribution in [0.25, 0.3) is 6.08 Å². The molecule has 0 radical (unpaired) electrons. The van der Waals surface area contributed by atoms with Gasteiger partial charge in [-0.2, -0.15) is 0 Å². The summed E-state index contributed by atoms with van der Waals surface area (Å²) >= 11 is 0. The molecular formula is C16H16N2O3. The highest BCUT2D eigenvalue weighted by Gasteiger charge is 2.06. The number of aromatic hydroxyl groups is 1. The zero-order valence-electron chi connectivity index (χ0n) is 11.8. The molecule has 108 valence electrons. The van der Waals surface area contributed by atoms with Gasteiger partial charge in [0.2, 0.25) is 5.43 Å². The molecule has 0 spiro atoms. The first-order valence-corrected chi connectivity index (χ1v) is 6.44. The molecule has 1 amide bonds. The lowest BCUT2D eigenvalue weighted by Crippen LogP contribution is -2.24. The van der Waals surface area contributed by atoms with Gasteiger partial charge in [0.25, 0.3) is 5.91 Å². The molecule has 0 bridgehead atoms. The van der Waals surface area contributed by atoms with Crippen molar-refractivity contribution in [3.8, 4) is 5.75 Å². The molecule has 0 fully saturated rings. The molecule has 5 nitrogen and oxygen atoms in total. The van der Waals surface area contributed by atoms with Gasteiger partial charge >= 0.3 is 0 Å². The van der Waals surface area contributed by atoms with Crippen LogP contribution in [-0.4, -0.2) is 15.7 Å². The second-order valence-corrected chi connectivity index (χ2v) is 4.71. The molecule has 21 heavy (non-hydrogen) atoms. The van der Waals surface area contributed by atoms with Crippen LogP contribution in [0.5, 0.6) is 5.75 Å². The maximum Gasteiger partial charge on any atom is 0.262 e. The van der Waals surface area contributed by atoms with Gasteiger partial charge in [-0.1, -0.05) is 29.8 Å². The zero-order valence-corrected chi connectivity index (χ0v) is 11.8. The van der Waals surface area contributed by atoms with Gasteiger partial charge in [0.05, 0.1) is 5.69 Å². The van der Waals surface area contributed by atoms with E-state index in [4.69, 9.17) is 0 Å². The van der Waals surface area contributed by atoms with Crippen LogP contribution in [0, 0.1) is 13.8 Å². The number of aryl methyl sites for hydroxylation is 1. The lowest BCUT2D eigenvalue weighted by molar-refractivity contribution is -0.112. The van der Waals surface area contributed by atoms with E-state index in [0.29, 0.717) is 0 Å². The van der Waals surface area contributed by atoms with Crippen LogP contribution in [0.1, 0.15) is 16.8 Å². The van der Waals surface area contributed by atoms with Crippen LogP contribution in [0.4, 0.5) is 0 Å². The quantitative estimate of drug-likeness (QED) is 0.846. The predicted molar refractivity (Wildman–Crippen MR) is 81.7 cm³/mol. The highest BCUT2D eigenvalue weighted by atomic mass is 16.3. The standard InChI is InChI=1S/C16H16N2O3/c1-11-4-3-5-13(10-11)6-7-15(20)17-18-9-8-14(19)16(21)12(18)2/h3-10,21H,1-2H3,(H,17,20)/b7-6+. The lowest BCUT2D eigenvalue weighted by Gasteiger charge is -2.11. The molecule has 2 N–H and O–H groups in total. The van der Waals surface area contributed by atoms with Gasteiger partial charge in [0.1, 0.15) is 0 Å². The number of hydrogen-bond donors (Lipinski definition) is 2. The Morgan fingerprint density at radius 1 is 1.29 bits per heavy atom. The Morgan fingerprint density at radius 3 is 2.76 bits per heavy atom. The Bertz CT molecular complexity index is 760. The van der Waals surface area contributed by atoms with Gasteiger partial charge in [-0.05, 0) is 25.5 Å². The third-order valence-corrected chi connectivity index (χ3v) is 3.01. The molecule has 0 atom stereocenters. The molecule has 1 aromatic heterocycles. The topological polar surface area (TPSA) is 71.3 Å². The first-order chi connectivity index (χ1) is 9.97. The molecule has 0 aliphatic rings. The van der Waals surface area contributed by atoms with Crippen LogP contribution in [-0.2, 0) is 4.79 Å². The SMILES string of the molecule is Cc1cccc(/C=C/C(=O)Nn2ccc(=O)c(O)c2C)c1. The monoisotopic (exact) mass is 284 g/mol. The van der Waals surface area contributed by atoms with E-state index < -0.39 is 5.43 Å². The van der Waals surface area contributed by atoms with Gasteiger partial charge in [0, 0.05) is 18.3 Å². The van der Waals surface area contributed by atoms with Crippen LogP contribution < -0.4 is 10.9 Å². The number of rotatable bonds is 3. The Kier molecular flexibility index (Phi) is 4.23. The van der Waals surface area contributed by atoms with Crippen molar-refractivity contribution in [2.45, 2.75) is 13.8 Å². The zero-order chi connectivity index (χ0) is 15.4. The number of pyridine rings is 1. The Balaban J connectivity index is 2.12. The van der Waals surface area contributed by atoms with E-state index >= 15 is 0 Å². The van der Waals surface area contributed by atoms with Crippen molar-refractivity contribution in [3.63, 3.8) is 0 Å². The first-order valence-electron chi connectivity index (χ1n) is 6.44. The van der Waals surface area contributed by atoms with E-state index in [2.05, 4.69) is 5.43 Å². The average molecular weight is 284 g/mol. The highest BCUT2D eigenvalue weighted by Crippen LogP contribution is 2.08. The predicted octanol–water partition coefficient (Wildman–Crippen LogP) is 1.95. The summed E-state index contributed by atoms with van der Waals surface area (Å²) in [6, 6.07) is 8.93. The minimum Gasteiger partial charge on any atom is -0.503 e. The molecule has 0 saturated carbocycles. The molecule has 0 aliphatic heterocycles. The van der Waals surface area contributed by atoms with Gasteiger partial charge < -0.3 is 5.11 Å². The van der Waals surface area contributed by atoms with Crippen molar-refractivity contribution in [2.75, 3.05) is 5.43 Å². The second-order valence-electron chi connectivity index (χ2n) is 4.71. The fourth-order valence-electron chi connectivity index (χ4n) is 1.85. The van der Waals surface area contributed by atoms with Crippen molar-refractivity contribution in [1.29, 1.82) is 0 Å². The average Bonchev–Trinajstić information content (AvgIpc) is 2.46. The summed E-state index contributed by atoms with van der Waals surface area (Å²) in [6.07, 6.45) is 4.49. The summed E-state index contributed by atoms with van der Waals surface area (Å²) < 4.78 is 1.31. The van der Waals surface area contributed by atoms with Gasteiger partial charge in [-0.15, -0.1) is 0 Å². The fraction of sp³-hybridized carbons (Fsp3) is 0.125. The number of benzene rings is 1.